The molecule has 47 heteroatoms. The maximum atomic E-state index is 13.4. The van der Waals surface area contributed by atoms with Crippen LogP contribution in [0.2, 0.25) is 5.02 Å². The molecule has 7 saturated heterocycles. The maximum Gasteiger partial charge on any atom is 0.304 e. The van der Waals surface area contributed by atoms with E-state index in [4.69, 9.17) is 21.1 Å². The highest BCUT2D eigenvalue weighted by molar-refractivity contribution is 7.93. The number of sulfonamides is 3. The van der Waals surface area contributed by atoms with Crippen LogP contribution in [0, 0.1) is 26.6 Å². The van der Waals surface area contributed by atoms with Gasteiger partial charge in [0.15, 0.2) is 68.5 Å². The number of fused-ring (bicyclic) bond motifs is 4. The van der Waals surface area contributed by atoms with Crippen molar-refractivity contribution in [1.29, 1.82) is 0 Å². The quantitative estimate of drug-likeness (QED) is 0.0410. The van der Waals surface area contributed by atoms with Gasteiger partial charge >= 0.3 is 32.4 Å². The van der Waals surface area contributed by atoms with Crippen molar-refractivity contribution in [3.8, 4) is 23.0 Å². The third-order valence-corrected chi connectivity index (χ3v) is 34.3. The SMILES string of the molecule is Cc1cc(CCC(=O)c2nc3c(N4CCCS4(=O)=O)cc(N4CCOCC4)cn3c(=O)c2O)ccc1Cl.Cc1ccc(CCC(=O)c2nc3c(N(C)S(C)(=O)=O)cc(N4CCN(C)CC4)cn3c(=O)c2O)cc1.Cc1ccc(CCC(=O)c2nc3c(N4CCN(C)S4(=O)=O)cc(N4CCN(C)CC4)cn3c(=O)c2O)cc1.O=C(CCc1ccc(F)cc1)c1nc2c(N3CCCS3(=O)=O)cc(N3CCOCC3)cn2c(=O)c1O. The number of aromatic nitrogens is 8. The van der Waals surface area contributed by atoms with Crippen molar-refractivity contribution < 1.29 is 87.1 Å². The lowest BCUT2D eigenvalue weighted by Gasteiger charge is -2.34. The van der Waals surface area contributed by atoms with E-state index in [0.717, 1.165) is 87.7 Å². The number of morpholine rings is 2. The van der Waals surface area contributed by atoms with E-state index in [-0.39, 0.29) is 132 Å². The molecule has 12 aromatic rings. The number of hydrogen-bond acceptors (Lipinski definition) is 32. The topological polar surface area (TPSA) is 477 Å². The van der Waals surface area contributed by atoms with E-state index in [0.29, 0.717) is 144 Å². The molecule has 0 amide bonds. The molecule has 19 rings (SSSR count). The molecule has 15 heterocycles. The van der Waals surface area contributed by atoms with Crippen LogP contribution in [-0.4, -0.2) is 306 Å². The fourth-order valence-electron chi connectivity index (χ4n) is 18.2. The normalized spacial score (nSPS) is 17.1. The van der Waals surface area contributed by atoms with Gasteiger partial charge in [-0.05, 0) is 144 Å². The van der Waals surface area contributed by atoms with Crippen molar-refractivity contribution >= 4 is 143 Å². The maximum absolute atomic E-state index is 13.4. The lowest BCUT2D eigenvalue weighted by molar-refractivity contribution is 0.0966. The number of carbonyl (C=O) groups is 4. The number of rotatable bonds is 25. The molecule has 0 aliphatic carbocycles. The Balaban J connectivity index is 0.000000140. The minimum absolute atomic E-state index is 0.000450. The molecule has 0 radical (unpaired) electrons. The summed E-state index contributed by atoms with van der Waals surface area (Å²) in [5.41, 5.74) is 4.96. The summed E-state index contributed by atoms with van der Waals surface area (Å²) in [7, 11) is -7.87. The number of piperazine rings is 2. The van der Waals surface area contributed by atoms with E-state index in [2.05, 4.69) is 34.6 Å². The van der Waals surface area contributed by atoms with Crippen molar-refractivity contribution in [2.24, 2.45) is 0 Å². The molecule has 0 atom stereocenters. The summed E-state index contributed by atoms with van der Waals surface area (Å²) in [6, 6.07) is 33.3. The molecule has 7 aliphatic heterocycles. The van der Waals surface area contributed by atoms with Crippen molar-refractivity contribution in [3.63, 3.8) is 0 Å². The molecular formula is C100H115ClFN19O22S4. The van der Waals surface area contributed by atoms with Gasteiger partial charge in [0.05, 0.1) is 89.7 Å². The summed E-state index contributed by atoms with van der Waals surface area (Å²) < 4.78 is 137. The van der Waals surface area contributed by atoms with Gasteiger partial charge in [0.1, 0.15) is 5.82 Å². The first-order chi connectivity index (χ1) is 69.9. The Hall–Kier alpha value is -13.6. The summed E-state index contributed by atoms with van der Waals surface area (Å²) in [5.74, 6) is -5.57. The number of aryl methyl sites for hydroxylation is 7. The number of pyridine rings is 4. The second-order valence-corrected chi connectivity index (χ2v) is 45.7. The Labute approximate surface area is 852 Å². The number of likely N-dealkylation sites (N-methyl/N-ethyl adjacent to an activating group) is 3. The summed E-state index contributed by atoms with van der Waals surface area (Å²) in [6.07, 6.45) is 9.47. The van der Waals surface area contributed by atoms with Gasteiger partial charge in [-0.25, -0.2) is 49.6 Å². The van der Waals surface area contributed by atoms with Gasteiger partial charge < -0.3 is 59.3 Å². The van der Waals surface area contributed by atoms with Crippen LogP contribution in [0.3, 0.4) is 0 Å². The Bertz CT molecular complexity index is 7880. The first kappa shape index (κ1) is 106. The van der Waals surface area contributed by atoms with E-state index < -0.39 is 120 Å². The summed E-state index contributed by atoms with van der Waals surface area (Å²) in [4.78, 5) is 135. The second kappa shape index (κ2) is 44.2. The molecule has 0 unspecified atom stereocenters. The lowest BCUT2D eigenvalue weighted by Crippen LogP contribution is -2.44. The highest BCUT2D eigenvalue weighted by Gasteiger charge is 2.40. The number of Topliss-reactive ketones (excluding diaryl/α,β-unsaturated/α-hetero) is 4. The monoisotopic (exact) mass is 2120 g/mol. The van der Waals surface area contributed by atoms with Gasteiger partial charge in [-0.2, -0.15) is 12.7 Å². The number of carbonyl (C=O) groups excluding carboxylic acids is 4. The standard InChI is InChI=1S/C26H32N6O5S.C25H27ClN4O6S.C25H31N5O5S.C24H25FN4O6S/c1-18-4-6-19(7-5-18)8-9-22(33)23-24(34)26(35)31-17-20(30-13-10-28(2)11-14-30)16-21(25(31)27-23)32-15-12-29(3)38(32,36)37;1-16-13-17(3-5-19(16)26)4-6-21(31)22-23(32)25(33)29-15-18(28-8-10-36-11-9-28)14-20(24(29)27-22)30-7-2-12-37(30,34)35;1-17-5-7-18(8-6-17)9-10-21(31)22-23(32)25(33)30-16-19(29-13-11-27(2)12-14-29)15-20(24(30)26-22)28(3)36(4,34)35;25-17-5-2-16(3-6-17)4-7-20(30)21-22(31)24(32)28-15-18(27-9-11-35-12-10-27)14-19(23(28)26-21)29-8-1-13-36(29,33)34/h4-7,16-17,34H,8-15H2,1-3H3;3,5,13-15,32H,2,4,6-12H2,1H3;5-8,15-16,32H,9-14H2,1-4H3;2-3,5-6,14-15,31H,1,4,7-13H2. The minimum Gasteiger partial charge on any atom is -0.501 e. The molecule has 4 N–H and O–H groups in total. The molecular weight excluding hydrogens is 2000 g/mol. The van der Waals surface area contributed by atoms with Crippen LogP contribution in [0.15, 0.2) is 159 Å². The summed E-state index contributed by atoms with van der Waals surface area (Å²) in [6.45, 7) is 16.9. The molecule has 147 heavy (non-hydrogen) atoms. The molecule has 0 bridgehead atoms. The number of aromatic hydroxyl groups is 4. The average Bonchev–Trinajstić information content (AvgIpc) is 1.69. The Morgan fingerprint density at radius 2 is 0.721 bits per heavy atom. The van der Waals surface area contributed by atoms with Gasteiger partial charge in [0.25, 0.3) is 0 Å². The van der Waals surface area contributed by atoms with E-state index in [9.17, 15) is 96.8 Å². The fraction of sp³-hybridized carbons (Fsp3) is 0.400. The van der Waals surface area contributed by atoms with Crippen molar-refractivity contribution in [1.82, 2.24) is 51.6 Å². The number of hydrogen-bond donors (Lipinski definition) is 4. The zero-order valence-corrected chi connectivity index (χ0v) is 86.5. The number of nitrogens with zero attached hydrogens (tertiary/aromatic N) is 19. The zero-order valence-electron chi connectivity index (χ0n) is 82.4. The fourth-order valence-corrected chi connectivity index (χ4v) is 23.3. The van der Waals surface area contributed by atoms with E-state index in [1.807, 2.05) is 110 Å². The highest BCUT2D eigenvalue weighted by Crippen LogP contribution is 2.39. The van der Waals surface area contributed by atoms with Gasteiger partial charge in [0.2, 0.25) is 53.1 Å². The van der Waals surface area contributed by atoms with Gasteiger partial charge in [-0.3, -0.25) is 73.2 Å². The summed E-state index contributed by atoms with van der Waals surface area (Å²) in [5, 5.41) is 43.4. The van der Waals surface area contributed by atoms with E-state index >= 15 is 0 Å². The average molecular weight is 2120 g/mol. The van der Waals surface area contributed by atoms with Crippen LogP contribution in [0.25, 0.3) is 22.6 Å². The van der Waals surface area contributed by atoms with Crippen molar-refractivity contribution in [3.05, 3.63) is 254 Å². The Morgan fingerprint density at radius 1 is 0.408 bits per heavy atom. The van der Waals surface area contributed by atoms with Crippen molar-refractivity contribution in [2.75, 3.05) is 214 Å². The van der Waals surface area contributed by atoms with Gasteiger partial charge in [-0.1, -0.05) is 95.5 Å². The largest absolute Gasteiger partial charge is 0.501 e. The van der Waals surface area contributed by atoms with Crippen LogP contribution >= 0.6 is 11.6 Å². The molecule has 7 fully saturated rings. The smallest absolute Gasteiger partial charge is 0.304 e. The van der Waals surface area contributed by atoms with Crippen molar-refractivity contribution in [2.45, 2.75) is 85.0 Å². The number of ketones is 4. The molecule has 4 aromatic carbocycles. The van der Waals surface area contributed by atoms with Crippen LogP contribution < -0.4 is 59.1 Å². The Kier molecular flexibility index (Phi) is 31.9. The highest BCUT2D eigenvalue weighted by atomic mass is 35.5. The van der Waals surface area contributed by atoms with E-state index in [1.165, 1.54) is 62.0 Å². The summed E-state index contributed by atoms with van der Waals surface area (Å²) >= 11 is 6.08. The predicted octanol–water partition coefficient (Wildman–Crippen LogP) is 7.23. The molecule has 0 spiro atoms. The van der Waals surface area contributed by atoms with Crippen LogP contribution in [-0.2, 0) is 75.4 Å². The third-order valence-electron chi connectivity index (χ3n) is 27.1. The first-order valence-corrected chi connectivity index (χ1v) is 54.9. The predicted molar refractivity (Wildman–Crippen MR) is 557 cm³/mol. The molecule has 7 aliphatic rings. The van der Waals surface area contributed by atoms with Gasteiger partial charge in [-0.15, -0.1) is 0 Å². The third kappa shape index (κ3) is 23.4. The number of halogens is 2. The molecule has 0 saturated carbocycles. The zero-order chi connectivity index (χ0) is 105. The molecule has 41 nitrogen and oxygen atoms in total. The first-order valence-electron chi connectivity index (χ1n) is 48.0. The molecule has 8 aromatic heterocycles. The Morgan fingerprint density at radius 3 is 1.05 bits per heavy atom. The van der Waals surface area contributed by atoms with Crippen LogP contribution in [0.1, 0.15) is 119 Å². The van der Waals surface area contributed by atoms with Crippen LogP contribution in [0.4, 0.5) is 49.9 Å². The van der Waals surface area contributed by atoms with E-state index in [1.54, 1.807) is 48.7 Å². The number of benzene rings is 4. The van der Waals surface area contributed by atoms with Crippen LogP contribution in [0.5, 0.6) is 23.0 Å². The molecule has 780 valence electrons. The van der Waals surface area contributed by atoms with Gasteiger partial charge in [0, 0.05) is 174 Å². The number of anilines is 8. The second-order valence-electron chi connectivity index (χ2n) is 37.3. The number of ether oxygens (including phenoxy) is 2. The lowest BCUT2D eigenvalue weighted by atomic mass is 10.0. The minimum atomic E-state index is -3.84.